The molecule has 0 radical (unpaired) electrons. The molecule has 1 aromatic heterocycles. The fourth-order valence-corrected chi connectivity index (χ4v) is 4.61. The minimum atomic E-state index is -0.119. The van der Waals surface area contributed by atoms with Crippen LogP contribution in [0.15, 0.2) is 72.8 Å². The lowest BCUT2D eigenvalue weighted by Gasteiger charge is -2.26. The van der Waals surface area contributed by atoms with Gasteiger partial charge in [0.15, 0.2) is 0 Å². The summed E-state index contributed by atoms with van der Waals surface area (Å²) >= 11 is 0. The van der Waals surface area contributed by atoms with Crippen LogP contribution in [0.25, 0.3) is 22.2 Å². The smallest absolute Gasteiger partial charge is 0.255 e. The predicted octanol–water partition coefficient (Wildman–Crippen LogP) is 5.80. The SMILES string of the molecule is CCCN1C(=O)c2ccccc2[C@@H]1c1c(-c2cccc(OC)c2)[nH]c2ccccc12. The number of hydrogen-bond acceptors (Lipinski definition) is 2. The molecule has 0 fully saturated rings. The summed E-state index contributed by atoms with van der Waals surface area (Å²) in [7, 11) is 1.68. The van der Waals surface area contributed by atoms with Gasteiger partial charge in [-0.2, -0.15) is 0 Å². The number of aromatic amines is 1. The van der Waals surface area contributed by atoms with Crippen LogP contribution in [0.2, 0.25) is 0 Å². The average Bonchev–Trinajstić information content (AvgIpc) is 3.30. The summed E-state index contributed by atoms with van der Waals surface area (Å²) in [6, 6.07) is 24.3. The number of para-hydroxylation sites is 1. The Bertz CT molecular complexity index is 1240. The Kier molecular flexibility index (Phi) is 4.55. The molecular formula is C26H24N2O2. The first-order chi connectivity index (χ1) is 14.7. The zero-order valence-corrected chi connectivity index (χ0v) is 17.2. The molecule has 4 aromatic rings. The van der Waals surface area contributed by atoms with Crippen molar-refractivity contribution in [2.24, 2.45) is 0 Å². The van der Waals surface area contributed by atoms with Gasteiger partial charge in [-0.3, -0.25) is 4.79 Å². The van der Waals surface area contributed by atoms with Crippen molar-refractivity contribution in [3.05, 3.63) is 89.5 Å². The van der Waals surface area contributed by atoms with Crippen LogP contribution < -0.4 is 4.74 Å². The van der Waals surface area contributed by atoms with Crippen LogP contribution >= 0.6 is 0 Å². The minimum Gasteiger partial charge on any atom is -0.497 e. The summed E-state index contributed by atoms with van der Waals surface area (Å²) in [5, 5.41) is 1.14. The standard InChI is InChI=1S/C26H24N2O2/c1-3-15-28-25(19-11-4-5-12-20(19)26(28)29)23-21-13-6-7-14-22(21)27-24(23)17-9-8-10-18(16-17)30-2/h4-14,16,25,27H,3,15H2,1-2H3/t25-/m1/s1. The fourth-order valence-electron chi connectivity index (χ4n) is 4.61. The van der Waals surface area contributed by atoms with Gasteiger partial charge in [0.2, 0.25) is 0 Å². The summed E-state index contributed by atoms with van der Waals surface area (Å²) in [5.41, 5.74) is 6.17. The first kappa shape index (κ1) is 18.5. The van der Waals surface area contributed by atoms with E-state index in [1.165, 1.54) is 0 Å². The predicted molar refractivity (Wildman–Crippen MR) is 120 cm³/mol. The van der Waals surface area contributed by atoms with Gasteiger partial charge in [-0.15, -0.1) is 0 Å². The van der Waals surface area contributed by atoms with Crippen LogP contribution in [0.4, 0.5) is 0 Å². The quantitative estimate of drug-likeness (QED) is 0.463. The Morgan fingerprint density at radius 1 is 1.00 bits per heavy atom. The highest BCUT2D eigenvalue weighted by Crippen LogP contribution is 2.45. The van der Waals surface area contributed by atoms with Gasteiger partial charge in [0.05, 0.1) is 18.8 Å². The Hall–Kier alpha value is -3.53. The summed E-state index contributed by atoms with van der Waals surface area (Å²) in [5.74, 6) is 0.921. The molecular weight excluding hydrogens is 372 g/mol. The highest BCUT2D eigenvalue weighted by molar-refractivity contribution is 6.02. The summed E-state index contributed by atoms with van der Waals surface area (Å²) < 4.78 is 5.47. The molecule has 30 heavy (non-hydrogen) atoms. The number of carbonyl (C=O) groups is 1. The number of benzene rings is 3. The number of fused-ring (bicyclic) bond motifs is 2. The number of H-pyrrole nitrogens is 1. The second-order valence-electron chi connectivity index (χ2n) is 7.68. The van der Waals surface area contributed by atoms with E-state index in [1.807, 2.05) is 47.4 Å². The lowest BCUT2D eigenvalue weighted by molar-refractivity contribution is 0.0751. The lowest BCUT2D eigenvalue weighted by atomic mass is 9.93. The first-order valence-corrected chi connectivity index (χ1v) is 10.4. The van der Waals surface area contributed by atoms with Gasteiger partial charge in [-0.25, -0.2) is 0 Å². The Balaban J connectivity index is 1.80. The highest BCUT2D eigenvalue weighted by Gasteiger charge is 2.39. The molecule has 0 unspecified atom stereocenters. The average molecular weight is 396 g/mol. The van der Waals surface area contributed by atoms with E-state index >= 15 is 0 Å². The van der Waals surface area contributed by atoms with E-state index in [-0.39, 0.29) is 11.9 Å². The van der Waals surface area contributed by atoms with Crippen LogP contribution in [-0.4, -0.2) is 29.4 Å². The van der Waals surface area contributed by atoms with E-state index in [0.29, 0.717) is 0 Å². The molecule has 4 nitrogen and oxygen atoms in total. The molecule has 2 heterocycles. The molecule has 1 aliphatic rings. The Labute approximate surface area is 176 Å². The zero-order chi connectivity index (χ0) is 20.7. The van der Waals surface area contributed by atoms with Gasteiger partial charge in [-0.1, -0.05) is 55.5 Å². The summed E-state index contributed by atoms with van der Waals surface area (Å²) in [4.78, 5) is 18.9. The van der Waals surface area contributed by atoms with Gasteiger partial charge in [0.25, 0.3) is 5.91 Å². The number of nitrogens with one attached hydrogen (secondary N) is 1. The largest absolute Gasteiger partial charge is 0.497 e. The van der Waals surface area contributed by atoms with Gasteiger partial charge in [-0.05, 0) is 36.2 Å². The highest BCUT2D eigenvalue weighted by atomic mass is 16.5. The van der Waals surface area contributed by atoms with E-state index in [9.17, 15) is 4.79 Å². The molecule has 150 valence electrons. The minimum absolute atomic E-state index is 0.110. The number of aromatic nitrogens is 1. The maximum atomic E-state index is 13.3. The third-order valence-corrected chi connectivity index (χ3v) is 5.90. The molecule has 5 rings (SSSR count). The van der Waals surface area contributed by atoms with Crippen molar-refractivity contribution in [3.8, 4) is 17.0 Å². The van der Waals surface area contributed by atoms with E-state index in [2.05, 4.69) is 42.2 Å². The van der Waals surface area contributed by atoms with Crippen LogP contribution in [0.1, 0.15) is 40.9 Å². The molecule has 3 aromatic carbocycles. The molecule has 1 atom stereocenters. The first-order valence-electron chi connectivity index (χ1n) is 10.4. The molecule has 0 saturated carbocycles. The summed E-state index contributed by atoms with van der Waals surface area (Å²) in [6.07, 6.45) is 0.910. The van der Waals surface area contributed by atoms with Crippen molar-refractivity contribution >= 4 is 16.8 Å². The zero-order valence-electron chi connectivity index (χ0n) is 17.2. The fraction of sp³-hybridized carbons (Fsp3) is 0.192. The maximum Gasteiger partial charge on any atom is 0.255 e. The van der Waals surface area contributed by atoms with Crippen molar-refractivity contribution in [2.75, 3.05) is 13.7 Å². The third-order valence-electron chi connectivity index (χ3n) is 5.90. The molecule has 1 aliphatic heterocycles. The van der Waals surface area contributed by atoms with Gasteiger partial charge in [0, 0.05) is 34.1 Å². The maximum absolute atomic E-state index is 13.3. The van der Waals surface area contributed by atoms with Crippen LogP contribution in [0.3, 0.4) is 0 Å². The van der Waals surface area contributed by atoms with Crippen molar-refractivity contribution in [1.29, 1.82) is 0 Å². The molecule has 4 heteroatoms. The van der Waals surface area contributed by atoms with E-state index in [0.717, 1.165) is 57.6 Å². The lowest BCUT2D eigenvalue weighted by Crippen LogP contribution is -2.29. The third kappa shape index (κ3) is 2.79. The number of nitrogens with zero attached hydrogens (tertiary/aromatic N) is 1. The Morgan fingerprint density at radius 3 is 2.63 bits per heavy atom. The molecule has 0 aliphatic carbocycles. The second-order valence-corrected chi connectivity index (χ2v) is 7.68. The molecule has 0 bridgehead atoms. The van der Waals surface area contributed by atoms with Gasteiger partial charge < -0.3 is 14.6 Å². The van der Waals surface area contributed by atoms with E-state index in [1.54, 1.807) is 7.11 Å². The number of amides is 1. The molecule has 1 amide bonds. The van der Waals surface area contributed by atoms with Crippen LogP contribution in [0, 0.1) is 0 Å². The normalized spacial score (nSPS) is 15.6. The van der Waals surface area contributed by atoms with E-state index < -0.39 is 0 Å². The van der Waals surface area contributed by atoms with Gasteiger partial charge in [0.1, 0.15) is 5.75 Å². The molecule has 0 saturated heterocycles. The van der Waals surface area contributed by atoms with Crippen molar-refractivity contribution < 1.29 is 9.53 Å². The van der Waals surface area contributed by atoms with Crippen molar-refractivity contribution in [1.82, 2.24) is 9.88 Å². The molecule has 1 N–H and O–H groups in total. The molecule has 0 spiro atoms. The van der Waals surface area contributed by atoms with Crippen LogP contribution in [0.5, 0.6) is 5.75 Å². The number of rotatable bonds is 5. The Morgan fingerprint density at radius 2 is 1.80 bits per heavy atom. The van der Waals surface area contributed by atoms with Crippen LogP contribution in [-0.2, 0) is 0 Å². The number of methoxy groups -OCH3 is 1. The second kappa shape index (κ2) is 7.38. The van der Waals surface area contributed by atoms with E-state index in [4.69, 9.17) is 4.74 Å². The van der Waals surface area contributed by atoms with Crippen molar-refractivity contribution in [2.45, 2.75) is 19.4 Å². The van der Waals surface area contributed by atoms with Gasteiger partial charge >= 0.3 is 0 Å². The number of carbonyl (C=O) groups excluding carboxylic acids is 1. The summed E-state index contributed by atoms with van der Waals surface area (Å²) in [6.45, 7) is 2.83. The number of ether oxygens (including phenoxy) is 1. The topological polar surface area (TPSA) is 45.3 Å². The number of hydrogen-bond donors (Lipinski definition) is 1. The monoisotopic (exact) mass is 396 g/mol. The van der Waals surface area contributed by atoms with Crippen molar-refractivity contribution in [3.63, 3.8) is 0 Å².